The van der Waals surface area contributed by atoms with Crippen LogP contribution < -0.4 is 0 Å². The Kier molecular flexibility index (Phi) is 2.64. The first-order valence-electron chi connectivity index (χ1n) is 3.90. The van der Waals surface area contributed by atoms with Gasteiger partial charge < -0.3 is 0 Å². The van der Waals surface area contributed by atoms with Crippen molar-refractivity contribution in [3.8, 4) is 0 Å². The molecule has 2 heteroatoms. The summed E-state index contributed by atoms with van der Waals surface area (Å²) in [5.74, 6) is 2.34. The standard InChI is InChI=1S/C7H12.CHNO/c1-2-7-4-3-6(1)5-7;2-1-3/h6-7H,1-5H2;2H. The molecule has 0 aromatic heterocycles. The van der Waals surface area contributed by atoms with Gasteiger partial charge in [0.05, 0.1) is 0 Å². The second-order valence-electron chi connectivity index (χ2n) is 3.22. The van der Waals surface area contributed by atoms with Crippen molar-refractivity contribution in [1.29, 1.82) is 5.41 Å². The number of rotatable bonds is 0. The van der Waals surface area contributed by atoms with Crippen molar-refractivity contribution >= 4 is 6.08 Å². The van der Waals surface area contributed by atoms with E-state index in [1.807, 2.05) is 0 Å². The molecule has 0 amide bonds. The van der Waals surface area contributed by atoms with Crippen molar-refractivity contribution in [2.45, 2.75) is 32.1 Å². The molecule has 2 saturated carbocycles. The molecule has 0 aliphatic heterocycles. The molecule has 0 spiro atoms. The summed E-state index contributed by atoms with van der Waals surface area (Å²) in [6.07, 6.45) is 8.57. The van der Waals surface area contributed by atoms with E-state index in [1.54, 1.807) is 32.1 Å². The number of nitrogens with one attached hydrogen (secondary N) is 1. The van der Waals surface area contributed by atoms with Gasteiger partial charge in [0.25, 0.3) is 0 Å². The third-order valence-corrected chi connectivity index (χ3v) is 2.63. The first-order chi connectivity index (χ1) is 4.86. The third-order valence-electron chi connectivity index (χ3n) is 2.63. The van der Waals surface area contributed by atoms with Gasteiger partial charge in [-0.1, -0.05) is 25.7 Å². The van der Waals surface area contributed by atoms with Gasteiger partial charge in [-0.25, -0.2) is 10.2 Å². The van der Waals surface area contributed by atoms with E-state index in [4.69, 9.17) is 10.2 Å². The lowest BCUT2D eigenvalue weighted by molar-refractivity contribution is 0.480. The van der Waals surface area contributed by atoms with Crippen LogP contribution in [-0.2, 0) is 4.79 Å². The third kappa shape index (κ3) is 1.68. The molecule has 2 rings (SSSR count). The monoisotopic (exact) mass is 139 g/mol. The van der Waals surface area contributed by atoms with Crippen LogP contribution in [0, 0.1) is 17.2 Å². The van der Waals surface area contributed by atoms with Crippen molar-refractivity contribution < 1.29 is 4.79 Å². The summed E-state index contributed by atoms with van der Waals surface area (Å²) in [5, 5.41) is 5.40. The molecule has 10 heavy (non-hydrogen) atoms. The molecule has 2 aliphatic carbocycles. The van der Waals surface area contributed by atoms with Crippen molar-refractivity contribution in [1.82, 2.24) is 0 Å². The van der Waals surface area contributed by atoms with Crippen LogP contribution in [0.2, 0.25) is 0 Å². The predicted molar refractivity (Wildman–Crippen MR) is 38.5 cm³/mol. The average molecular weight is 139 g/mol. The van der Waals surface area contributed by atoms with E-state index >= 15 is 0 Å². The molecule has 0 saturated heterocycles. The van der Waals surface area contributed by atoms with Crippen LogP contribution in [0.25, 0.3) is 0 Å². The molecule has 0 atom stereocenters. The smallest absolute Gasteiger partial charge is 0.222 e. The summed E-state index contributed by atoms with van der Waals surface area (Å²) in [6.45, 7) is 0. The molecule has 0 aromatic carbocycles. The van der Waals surface area contributed by atoms with Crippen molar-refractivity contribution in [2.24, 2.45) is 11.8 Å². The largest absolute Gasteiger partial charge is 0.231 e. The minimum absolute atomic E-state index is 0.750. The molecular formula is C8H13NO. The van der Waals surface area contributed by atoms with E-state index in [1.165, 1.54) is 11.8 Å². The van der Waals surface area contributed by atoms with Gasteiger partial charge in [0.1, 0.15) is 0 Å². The molecule has 0 radical (unpaired) electrons. The van der Waals surface area contributed by atoms with Crippen LogP contribution in [0.15, 0.2) is 0 Å². The highest BCUT2D eigenvalue weighted by atomic mass is 16.1. The van der Waals surface area contributed by atoms with E-state index in [0.29, 0.717) is 0 Å². The Morgan fingerprint density at radius 2 is 1.40 bits per heavy atom. The van der Waals surface area contributed by atoms with Gasteiger partial charge in [0.15, 0.2) is 0 Å². The molecule has 2 nitrogen and oxygen atoms in total. The van der Waals surface area contributed by atoms with Crippen LogP contribution in [0.4, 0.5) is 0 Å². The first-order valence-corrected chi connectivity index (χ1v) is 3.90. The van der Waals surface area contributed by atoms with Gasteiger partial charge in [-0.05, 0) is 18.3 Å². The quantitative estimate of drug-likeness (QED) is 0.405. The fourth-order valence-electron chi connectivity index (χ4n) is 2.17. The number of carbonyl (C=O) groups excluding carboxylic acids is 1. The summed E-state index contributed by atoms with van der Waals surface area (Å²) < 4.78 is 0. The Hall–Kier alpha value is -0.620. The molecule has 56 valence electrons. The van der Waals surface area contributed by atoms with Crippen LogP contribution in [0.3, 0.4) is 0 Å². The molecule has 2 fully saturated rings. The highest BCUT2D eigenvalue weighted by Gasteiger charge is 2.30. The second-order valence-corrected chi connectivity index (χ2v) is 3.22. The molecular weight excluding hydrogens is 126 g/mol. The fourth-order valence-corrected chi connectivity index (χ4v) is 2.17. The maximum absolute atomic E-state index is 8.35. The summed E-state index contributed by atoms with van der Waals surface area (Å²) in [7, 11) is 0. The summed E-state index contributed by atoms with van der Waals surface area (Å²) >= 11 is 0. The first kappa shape index (κ1) is 7.49. The minimum atomic E-state index is 0.750. The van der Waals surface area contributed by atoms with E-state index in [-0.39, 0.29) is 0 Å². The van der Waals surface area contributed by atoms with Crippen LogP contribution in [-0.4, -0.2) is 6.08 Å². The molecule has 2 bridgehead atoms. The number of hydrogen-bond donors (Lipinski definition) is 1. The molecule has 1 N–H and O–H groups in total. The highest BCUT2D eigenvalue weighted by molar-refractivity contribution is 5.26. The Labute approximate surface area is 61.1 Å². The molecule has 0 heterocycles. The van der Waals surface area contributed by atoms with Crippen LogP contribution >= 0.6 is 0 Å². The maximum atomic E-state index is 8.35. The van der Waals surface area contributed by atoms with Crippen molar-refractivity contribution in [2.75, 3.05) is 0 Å². The lowest BCUT2D eigenvalue weighted by atomic mass is 10.0. The van der Waals surface area contributed by atoms with Crippen molar-refractivity contribution in [3.05, 3.63) is 0 Å². The lowest BCUT2D eigenvalue weighted by Crippen LogP contribution is -1.90. The molecule has 0 unspecified atom stereocenters. The Morgan fingerprint density at radius 3 is 1.50 bits per heavy atom. The zero-order valence-corrected chi connectivity index (χ0v) is 6.10. The zero-order chi connectivity index (χ0) is 7.40. The van der Waals surface area contributed by atoms with Crippen molar-refractivity contribution in [3.63, 3.8) is 0 Å². The SMILES string of the molecule is C1CC2CCC1C2.N=C=O. The number of hydrogen-bond acceptors (Lipinski definition) is 2. The van der Waals surface area contributed by atoms with E-state index in [0.717, 1.165) is 6.08 Å². The van der Waals surface area contributed by atoms with Gasteiger partial charge in [0, 0.05) is 0 Å². The number of isocyanates is 1. The predicted octanol–water partition coefficient (Wildman–Crippen LogP) is 2.10. The Bertz CT molecular complexity index is 120. The van der Waals surface area contributed by atoms with Gasteiger partial charge in [0.2, 0.25) is 6.08 Å². The van der Waals surface area contributed by atoms with Crippen LogP contribution in [0.5, 0.6) is 0 Å². The minimum Gasteiger partial charge on any atom is -0.222 e. The van der Waals surface area contributed by atoms with Gasteiger partial charge >= 0.3 is 0 Å². The normalized spacial score (nSPS) is 34.4. The van der Waals surface area contributed by atoms with Gasteiger partial charge in [-0.3, -0.25) is 0 Å². The Morgan fingerprint density at radius 1 is 1.10 bits per heavy atom. The topological polar surface area (TPSA) is 40.9 Å². The number of fused-ring (bicyclic) bond motifs is 2. The summed E-state index contributed by atoms with van der Waals surface area (Å²) in [5.41, 5.74) is 0. The molecule has 2 aliphatic rings. The average Bonchev–Trinajstić information content (AvgIpc) is 2.49. The lowest BCUT2D eigenvalue weighted by Gasteiger charge is -2.05. The second kappa shape index (κ2) is 3.52. The van der Waals surface area contributed by atoms with Crippen LogP contribution in [0.1, 0.15) is 32.1 Å². The summed E-state index contributed by atoms with van der Waals surface area (Å²) in [6, 6.07) is 0. The zero-order valence-electron chi connectivity index (χ0n) is 6.10. The summed E-state index contributed by atoms with van der Waals surface area (Å²) in [4.78, 5) is 8.35. The fraction of sp³-hybridized carbons (Fsp3) is 0.875. The van der Waals surface area contributed by atoms with E-state index in [2.05, 4.69) is 0 Å². The Balaban J connectivity index is 0.000000148. The molecule has 0 aromatic rings. The van der Waals surface area contributed by atoms with Gasteiger partial charge in [-0.15, -0.1) is 0 Å². The van der Waals surface area contributed by atoms with Gasteiger partial charge in [-0.2, -0.15) is 0 Å². The van der Waals surface area contributed by atoms with E-state index in [9.17, 15) is 0 Å². The maximum Gasteiger partial charge on any atom is 0.231 e. The van der Waals surface area contributed by atoms with E-state index < -0.39 is 0 Å². The highest BCUT2D eigenvalue weighted by Crippen LogP contribution is 2.43.